The highest BCUT2D eigenvalue weighted by Gasteiger charge is 2.33. The van der Waals surface area contributed by atoms with E-state index in [9.17, 15) is 18.0 Å². The second-order valence-corrected chi connectivity index (χ2v) is 4.56. The Kier molecular flexibility index (Phi) is 3.77. The SMILES string of the molecule is NC(=O)c1nnn(Cc2ccc(Cl)c(C(F)(F)F)c2)c1N. The Labute approximate surface area is 121 Å². The zero-order valence-corrected chi connectivity index (χ0v) is 11.1. The van der Waals surface area contributed by atoms with Gasteiger partial charge in [-0.05, 0) is 17.7 Å². The lowest BCUT2D eigenvalue weighted by molar-refractivity contribution is -0.137. The van der Waals surface area contributed by atoms with Crippen LogP contribution in [0.25, 0.3) is 0 Å². The van der Waals surface area contributed by atoms with Crippen molar-refractivity contribution in [1.29, 1.82) is 0 Å². The van der Waals surface area contributed by atoms with Gasteiger partial charge in [0, 0.05) is 0 Å². The average molecular weight is 320 g/mol. The predicted molar refractivity (Wildman–Crippen MR) is 68.5 cm³/mol. The molecular formula is C11H9ClF3N5O. The molecule has 0 aliphatic heterocycles. The number of nitrogens with zero attached hydrogens (tertiary/aromatic N) is 3. The minimum atomic E-state index is -4.57. The van der Waals surface area contributed by atoms with Crippen molar-refractivity contribution in [3.8, 4) is 0 Å². The molecule has 0 unspecified atom stereocenters. The molecular weight excluding hydrogens is 311 g/mol. The van der Waals surface area contributed by atoms with Gasteiger partial charge in [-0.1, -0.05) is 22.9 Å². The van der Waals surface area contributed by atoms with Gasteiger partial charge in [-0.2, -0.15) is 13.2 Å². The molecule has 0 spiro atoms. The number of primary amides is 1. The van der Waals surface area contributed by atoms with Crippen LogP contribution >= 0.6 is 11.6 Å². The van der Waals surface area contributed by atoms with E-state index in [0.717, 1.165) is 16.8 Å². The molecule has 1 heterocycles. The number of nitrogens with two attached hydrogens (primary N) is 2. The number of aromatic nitrogens is 3. The van der Waals surface area contributed by atoms with Gasteiger partial charge < -0.3 is 11.5 Å². The van der Waals surface area contributed by atoms with Crippen LogP contribution < -0.4 is 11.5 Å². The first-order valence-corrected chi connectivity index (χ1v) is 5.92. The summed E-state index contributed by atoms with van der Waals surface area (Å²) >= 11 is 5.52. The lowest BCUT2D eigenvalue weighted by Crippen LogP contribution is -2.15. The first kappa shape index (κ1) is 15.1. The highest BCUT2D eigenvalue weighted by molar-refractivity contribution is 6.31. The number of carbonyl (C=O) groups is 1. The summed E-state index contributed by atoms with van der Waals surface area (Å²) in [6.07, 6.45) is -4.57. The lowest BCUT2D eigenvalue weighted by atomic mass is 10.1. The van der Waals surface area contributed by atoms with Gasteiger partial charge in [0.15, 0.2) is 11.5 Å². The number of benzene rings is 1. The van der Waals surface area contributed by atoms with Crippen LogP contribution in [0.3, 0.4) is 0 Å². The van der Waals surface area contributed by atoms with E-state index in [1.165, 1.54) is 6.07 Å². The highest BCUT2D eigenvalue weighted by Crippen LogP contribution is 2.35. The highest BCUT2D eigenvalue weighted by atomic mass is 35.5. The van der Waals surface area contributed by atoms with Crippen molar-refractivity contribution in [1.82, 2.24) is 15.0 Å². The summed E-state index contributed by atoms with van der Waals surface area (Å²) in [7, 11) is 0. The third kappa shape index (κ3) is 3.07. The number of rotatable bonds is 3. The molecule has 1 aromatic carbocycles. The lowest BCUT2D eigenvalue weighted by Gasteiger charge is -2.11. The third-order valence-corrected chi connectivity index (χ3v) is 3.00. The summed E-state index contributed by atoms with van der Waals surface area (Å²) in [5.74, 6) is -0.989. The second-order valence-electron chi connectivity index (χ2n) is 4.16. The smallest absolute Gasteiger partial charge is 0.382 e. The quantitative estimate of drug-likeness (QED) is 0.899. The fourth-order valence-corrected chi connectivity index (χ4v) is 1.90. The van der Waals surface area contributed by atoms with Crippen molar-refractivity contribution in [3.63, 3.8) is 0 Å². The van der Waals surface area contributed by atoms with Crippen LogP contribution in [0.15, 0.2) is 18.2 Å². The molecule has 6 nitrogen and oxygen atoms in total. The normalized spacial score (nSPS) is 11.6. The maximum atomic E-state index is 12.8. The Hall–Kier alpha value is -2.29. The summed E-state index contributed by atoms with van der Waals surface area (Å²) < 4.78 is 39.3. The standard InChI is InChI=1S/C11H9ClF3N5O/c12-7-2-1-5(3-6(7)11(13,14)15)4-20-9(16)8(10(17)21)18-19-20/h1-3H,4,16H2,(H2,17,21). The number of halogens is 4. The van der Waals surface area contributed by atoms with Gasteiger partial charge in [0.25, 0.3) is 5.91 Å². The molecule has 0 atom stereocenters. The zero-order chi connectivity index (χ0) is 15.8. The van der Waals surface area contributed by atoms with E-state index in [4.69, 9.17) is 23.1 Å². The van der Waals surface area contributed by atoms with Crippen LogP contribution in [0.1, 0.15) is 21.6 Å². The molecule has 0 fully saturated rings. The van der Waals surface area contributed by atoms with Crippen LogP contribution in [0.4, 0.5) is 19.0 Å². The van der Waals surface area contributed by atoms with Gasteiger partial charge in [-0.25, -0.2) is 4.68 Å². The summed E-state index contributed by atoms with van der Waals surface area (Å²) in [6, 6.07) is 3.40. The number of nitrogen functional groups attached to an aromatic ring is 1. The summed E-state index contributed by atoms with van der Waals surface area (Å²) in [5, 5.41) is 6.63. The Bertz CT molecular complexity index is 698. The molecule has 10 heteroatoms. The number of alkyl halides is 3. The van der Waals surface area contributed by atoms with Crippen LogP contribution in [-0.2, 0) is 12.7 Å². The van der Waals surface area contributed by atoms with Gasteiger partial charge in [0.05, 0.1) is 17.1 Å². The van der Waals surface area contributed by atoms with E-state index in [-0.39, 0.29) is 23.6 Å². The van der Waals surface area contributed by atoms with E-state index in [1.54, 1.807) is 0 Å². The maximum Gasteiger partial charge on any atom is 0.417 e. The minimum Gasteiger partial charge on any atom is -0.382 e. The van der Waals surface area contributed by atoms with E-state index in [1.807, 2.05) is 0 Å². The molecule has 1 aromatic heterocycles. The third-order valence-electron chi connectivity index (χ3n) is 2.68. The number of hydrogen-bond donors (Lipinski definition) is 2. The largest absolute Gasteiger partial charge is 0.417 e. The molecule has 0 bridgehead atoms. The van der Waals surface area contributed by atoms with Crippen molar-refractivity contribution in [2.45, 2.75) is 12.7 Å². The number of carbonyl (C=O) groups excluding carboxylic acids is 1. The molecule has 0 aliphatic rings. The first-order valence-electron chi connectivity index (χ1n) is 5.54. The van der Waals surface area contributed by atoms with Crippen molar-refractivity contribution < 1.29 is 18.0 Å². The maximum absolute atomic E-state index is 12.8. The van der Waals surface area contributed by atoms with Crippen molar-refractivity contribution in [3.05, 3.63) is 40.0 Å². The van der Waals surface area contributed by atoms with Crippen molar-refractivity contribution in [2.75, 3.05) is 5.73 Å². The van der Waals surface area contributed by atoms with Gasteiger partial charge in [0.1, 0.15) is 0 Å². The molecule has 2 rings (SSSR count). The summed E-state index contributed by atoms with van der Waals surface area (Å²) in [4.78, 5) is 11.0. The van der Waals surface area contributed by atoms with E-state index in [0.29, 0.717) is 0 Å². The number of anilines is 1. The van der Waals surface area contributed by atoms with Gasteiger partial charge in [0.2, 0.25) is 0 Å². The molecule has 0 aliphatic carbocycles. The van der Waals surface area contributed by atoms with E-state index >= 15 is 0 Å². The van der Waals surface area contributed by atoms with Crippen LogP contribution in [0, 0.1) is 0 Å². The fourth-order valence-electron chi connectivity index (χ4n) is 1.67. The van der Waals surface area contributed by atoms with Gasteiger partial charge in [-0.15, -0.1) is 5.10 Å². The van der Waals surface area contributed by atoms with Crippen LogP contribution in [-0.4, -0.2) is 20.9 Å². The average Bonchev–Trinajstić information content (AvgIpc) is 2.72. The molecule has 112 valence electrons. The van der Waals surface area contributed by atoms with Crippen LogP contribution in [0.2, 0.25) is 5.02 Å². The molecule has 0 saturated heterocycles. The molecule has 21 heavy (non-hydrogen) atoms. The first-order chi connectivity index (χ1) is 9.70. The molecule has 1 amide bonds. The number of hydrogen-bond acceptors (Lipinski definition) is 4. The Morgan fingerprint density at radius 2 is 2.05 bits per heavy atom. The topological polar surface area (TPSA) is 99.8 Å². The monoisotopic (exact) mass is 319 g/mol. The predicted octanol–water partition coefficient (Wildman–Crippen LogP) is 1.68. The molecule has 0 saturated carbocycles. The summed E-state index contributed by atoms with van der Waals surface area (Å²) in [5.41, 5.74) is 9.67. The Morgan fingerprint density at radius 3 is 2.57 bits per heavy atom. The van der Waals surface area contributed by atoms with Gasteiger partial charge >= 0.3 is 6.18 Å². The molecule has 2 aromatic rings. The summed E-state index contributed by atoms with van der Waals surface area (Å²) in [6.45, 7) is -0.105. The minimum absolute atomic E-state index is 0.105. The molecule has 4 N–H and O–H groups in total. The fraction of sp³-hybridized carbons (Fsp3) is 0.182. The van der Waals surface area contributed by atoms with Crippen molar-refractivity contribution >= 4 is 23.3 Å². The molecule has 0 radical (unpaired) electrons. The van der Waals surface area contributed by atoms with Crippen molar-refractivity contribution in [2.24, 2.45) is 5.73 Å². The number of amides is 1. The zero-order valence-electron chi connectivity index (χ0n) is 10.4. The Morgan fingerprint density at radius 1 is 1.38 bits per heavy atom. The Balaban J connectivity index is 2.35. The second kappa shape index (κ2) is 5.24. The van der Waals surface area contributed by atoms with Crippen LogP contribution in [0.5, 0.6) is 0 Å². The van der Waals surface area contributed by atoms with Gasteiger partial charge in [-0.3, -0.25) is 4.79 Å². The van der Waals surface area contributed by atoms with E-state index < -0.39 is 22.7 Å². The van der Waals surface area contributed by atoms with E-state index in [2.05, 4.69) is 10.3 Å².